The molecular formula is C19H26N4O3S2. The number of nitrogens with zero attached hydrogens (tertiary/aromatic N) is 4. The first-order chi connectivity index (χ1) is 13.5. The van der Waals surface area contributed by atoms with Crippen LogP contribution in [0.1, 0.15) is 54.1 Å². The van der Waals surface area contributed by atoms with Crippen LogP contribution < -0.4 is 5.56 Å². The van der Waals surface area contributed by atoms with Gasteiger partial charge in [0, 0.05) is 18.4 Å². The molecule has 0 spiro atoms. The van der Waals surface area contributed by atoms with E-state index in [9.17, 15) is 4.79 Å². The Balaban J connectivity index is 1.94. The maximum absolute atomic E-state index is 13.1. The van der Waals surface area contributed by atoms with E-state index in [1.54, 1.807) is 23.0 Å². The number of fused-ring (bicyclic) bond motifs is 1. The predicted octanol–water partition coefficient (Wildman–Crippen LogP) is 4.30. The van der Waals surface area contributed by atoms with Gasteiger partial charge < -0.3 is 9.26 Å². The molecule has 28 heavy (non-hydrogen) atoms. The Morgan fingerprint density at radius 3 is 2.82 bits per heavy atom. The SMILES string of the molecule is CCCCc1noc(C(C)Sc2nc3sc(C)c(C)c3c(=O)n2CCOC)n1. The summed E-state index contributed by atoms with van der Waals surface area (Å²) in [5.41, 5.74) is 0.985. The molecule has 0 radical (unpaired) electrons. The Bertz CT molecular complexity index is 1010. The molecule has 1 unspecified atom stereocenters. The summed E-state index contributed by atoms with van der Waals surface area (Å²) in [6, 6.07) is 0. The molecule has 0 N–H and O–H groups in total. The number of hydrogen-bond donors (Lipinski definition) is 0. The average Bonchev–Trinajstić information content (AvgIpc) is 3.25. The first kappa shape index (κ1) is 21.0. The minimum Gasteiger partial charge on any atom is -0.383 e. The van der Waals surface area contributed by atoms with E-state index in [4.69, 9.17) is 14.2 Å². The molecule has 9 heteroatoms. The number of aromatic nitrogens is 4. The lowest BCUT2D eigenvalue weighted by Crippen LogP contribution is -2.25. The number of rotatable bonds is 9. The van der Waals surface area contributed by atoms with Gasteiger partial charge in [0.05, 0.1) is 23.8 Å². The molecule has 0 aliphatic rings. The molecule has 3 rings (SSSR count). The van der Waals surface area contributed by atoms with Gasteiger partial charge in [0.1, 0.15) is 4.83 Å². The molecule has 0 fully saturated rings. The maximum atomic E-state index is 13.1. The number of thioether (sulfide) groups is 1. The van der Waals surface area contributed by atoms with E-state index in [0.29, 0.717) is 29.6 Å². The summed E-state index contributed by atoms with van der Waals surface area (Å²) in [5, 5.41) is 5.31. The fourth-order valence-electron chi connectivity index (χ4n) is 2.86. The minimum atomic E-state index is -0.108. The van der Waals surface area contributed by atoms with Crippen molar-refractivity contribution in [1.82, 2.24) is 19.7 Å². The molecule has 3 aromatic heterocycles. The molecule has 3 aromatic rings. The lowest BCUT2D eigenvalue weighted by Gasteiger charge is -2.13. The zero-order valence-electron chi connectivity index (χ0n) is 16.9. The molecule has 7 nitrogen and oxygen atoms in total. The summed E-state index contributed by atoms with van der Waals surface area (Å²) in [6.07, 6.45) is 2.93. The Hall–Kier alpha value is -1.71. The van der Waals surface area contributed by atoms with E-state index in [-0.39, 0.29) is 10.8 Å². The highest BCUT2D eigenvalue weighted by Gasteiger charge is 2.21. The third-order valence-electron chi connectivity index (χ3n) is 4.64. The maximum Gasteiger partial charge on any atom is 0.263 e. The van der Waals surface area contributed by atoms with Gasteiger partial charge in [-0.15, -0.1) is 11.3 Å². The number of aryl methyl sites for hydroxylation is 3. The standard InChI is InChI=1S/C19H26N4O3S2/c1-6-7-8-14-20-16(26-22-14)13(4)28-19-21-17-15(11(2)12(3)27-17)18(24)23(19)9-10-25-5/h13H,6-10H2,1-5H3. The number of hydrogen-bond acceptors (Lipinski definition) is 8. The van der Waals surface area contributed by atoms with Gasteiger partial charge in [-0.25, -0.2) is 4.98 Å². The zero-order valence-corrected chi connectivity index (χ0v) is 18.6. The van der Waals surface area contributed by atoms with Crippen molar-refractivity contribution in [2.24, 2.45) is 0 Å². The van der Waals surface area contributed by atoms with Crippen LogP contribution in [-0.4, -0.2) is 33.4 Å². The molecule has 0 saturated heterocycles. The summed E-state index contributed by atoms with van der Waals surface area (Å²) >= 11 is 3.02. The van der Waals surface area contributed by atoms with Crippen molar-refractivity contribution in [2.45, 2.75) is 63.9 Å². The lowest BCUT2D eigenvalue weighted by molar-refractivity contribution is 0.183. The van der Waals surface area contributed by atoms with Crippen LogP contribution in [0.15, 0.2) is 14.5 Å². The van der Waals surface area contributed by atoms with E-state index < -0.39 is 0 Å². The van der Waals surface area contributed by atoms with E-state index >= 15 is 0 Å². The number of thiophene rings is 1. The van der Waals surface area contributed by atoms with Gasteiger partial charge >= 0.3 is 0 Å². The van der Waals surface area contributed by atoms with Crippen molar-refractivity contribution < 1.29 is 9.26 Å². The molecule has 0 aliphatic heterocycles. The van der Waals surface area contributed by atoms with Gasteiger partial charge in [-0.2, -0.15) is 4.98 Å². The minimum absolute atomic E-state index is 0.0206. The average molecular weight is 423 g/mol. The highest BCUT2D eigenvalue weighted by Crippen LogP contribution is 2.35. The fraction of sp³-hybridized carbons (Fsp3) is 0.579. The van der Waals surface area contributed by atoms with Gasteiger partial charge in [0.25, 0.3) is 5.56 Å². The number of methoxy groups -OCH3 is 1. The predicted molar refractivity (Wildman–Crippen MR) is 112 cm³/mol. The van der Waals surface area contributed by atoms with Crippen LogP contribution in [0.5, 0.6) is 0 Å². The van der Waals surface area contributed by atoms with E-state index in [0.717, 1.165) is 40.4 Å². The normalized spacial score (nSPS) is 12.8. The van der Waals surface area contributed by atoms with Crippen molar-refractivity contribution in [2.75, 3.05) is 13.7 Å². The molecular weight excluding hydrogens is 396 g/mol. The smallest absolute Gasteiger partial charge is 0.263 e. The van der Waals surface area contributed by atoms with Crippen molar-refractivity contribution in [1.29, 1.82) is 0 Å². The first-order valence-electron chi connectivity index (χ1n) is 9.44. The second-order valence-corrected chi connectivity index (χ2v) is 9.23. The number of unbranched alkanes of at least 4 members (excludes halogenated alkanes) is 1. The summed E-state index contributed by atoms with van der Waals surface area (Å²) in [6.45, 7) is 9.01. The highest BCUT2D eigenvalue weighted by molar-refractivity contribution is 7.99. The van der Waals surface area contributed by atoms with Gasteiger partial charge in [0.15, 0.2) is 11.0 Å². The van der Waals surface area contributed by atoms with Crippen LogP contribution in [0.25, 0.3) is 10.2 Å². The largest absolute Gasteiger partial charge is 0.383 e. The van der Waals surface area contributed by atoms with Gasteiger partial charge in [-0.05, 0) is 32.8 Å². The van der Waals surface area contributed by atoms with Crippen LogP contribution >= 0.6 is 23.1 Å². The Morgan fingerprint density at radius 1 is 1.32 bits per heavy atom. The molecule has 3 heterocycles. The first-order valence-corrected chi connectivity index (χ1v) is 11.1. The van der Waals surface area contributed by atoms with E-state index in [1.807, 2.05) is 20.8 Å². The summed E-state index contributed by atoms with van der Waals surface area (Å²) < 4.78 is 12.3. The topological polar surface area (TPSA) is 83.0 Å². The summed E-state index contributed by atoms with van der Waals surface area (Å²) in [5.74, 6) is 1.29. The van der Waals surface area contributed by atoms with Gasteiger partial charge in [-0.3, -0.25) is 9.36 Å². The third-order valence-corrected chi connectivity index (χ3v) is 6.82. The Morgan fingerprint density at radius 2 is 2.11 bits per heavy atom. The zero-order chi connectivity index (χ0) is 20.3. The van der Waals surface area contributed by atoms with E-state index in [2.05, 4.69) is 17.1 Å². The number of ether oxygens (including phenoxy) is 1. The summed E-state index contributed by atoms with van der Waals surface area (Å²) in [4.78, 5) is 24.3. The van der Waals surface area contributed by atoms with Crippen LogP contribution in [0.3, 0.4) is 0 Å². The van der Waals surface area contributed by atoms with Gasteiger partial charge in [0.2, 0.25) is 5.89 Å². The van der Waals surface area contributed by atoms with Crippen LogP contribution in [0.2, 0.25) is 0 Å². The Kier molecular flexibility index (Phi) is 6.90. The monoisotopic (exact) mass is 422 g/mol. The second-order valence-electron chi connectivity index (χ2n) is 6.72. The molecule has 0 aromatic carbocycles. The molecule has 0 aliphatic carbocycles. The van der Waals surface area contributed by atoms with Crippen LogP contribution in [-0.2, 0) is 17.7 Å². The van der Waals surface area contributed by atoms with Crippen LogP contribution in [0, 0.1) is 13.8 Å². The fourth-order valence-corrected chi connectivity index (χ4v) is 4.89. The van der Waals surface area contributed by atoms with Gasteiger partial charge in [-0.1, -0.05) is 30.3 Å². The Labute approximate surface area is 172 Å². The summed E-state index contributed by atoms with van der Waals surface area (Å²) in [7, 11) is 1.63. The quantitative estimate of drug-likeness (QED) is 0.375. The van der Waals surface area contributed by atoms with Crippen molar-refractivity contribution >= 4 is 33.3 Å². The second kappa shape index (κ2) is 9.19. The van der Waals surface area contributed by atoms with Crippen molar-refractivity contribution in [3.8, 4) is 0 Å². The molecule has 0 bridgehead atoms. The molecule has 0 amide bonds. The van der Waals surface area contributed by atoms with Crippen LogP contribution in [0.4, 0.5) is 0 Å². The van der Waals surface area contributed by atoms with Crippen molar-refractivity contribution in [3.05, 3.63) is 32.5 Å². The lowest BCUT2D eigenvalue weighted by atomic mass is 10.2. The molecule has 152 valence electrons. The highest BCUT2D eigenvalue weighted by atomic mass is 32.2. The van der Waals surface area contributed by atoms with E-state index in [1.165, 1.54) is 11.8 Å². The third kappa shape index (κ3) is 4.31. The molecule has 1 atom stereocenters. The molecule has 0 saturated carbocycles. The van der Waals surface area contributed by atoms with Crippen molar-refractivity contribution in [3.63, 3.8) is 0 Å².